The molecule has 0 aromatic heterocycles. The molecule has 0 radical (unpaired) electrons. The summed E-state index contributed by atoms with van der Waals surface area (Å²) in [6, 6.07) is 8.48. The summed E-state index contributed by atoms with van der Waals surface area (Å²) in [5, 5.41) is 0. The highest BCUT2D eigenvalue weighted by Crippen LogP contribution is 2.19. The molecule has 0 saturated carbocycles. The first-order valence-corrected chi connectivity index (χ1v) is 9.95. The lowest BCUT2D eigenvalue weighted by Crippen LogP contribution is -2.52. The fraction of sp³-hybridized carbons (Fsp3) is 0.619. The van der Waals surface area contributed by atoms with Crippen molar-refractivity contribution in [2.75, 3.05) is 53.4 Å². The summed E-state index contributed by atoms with van der Waals surface area (Å²) in [5.74, 6) is 0.270. The SMILES string of the molecule is Cc1cccc(CN2CCN(C(=O)CN3CCC[C@@H]3C(=O)N(C)C)CC2)c1. The molecule has 0 N–H and O–H groups in total. The predicted molar refractivity (Wildman–Crippen MR) is 106 cm³/mol. The van der Waals surface area contributed by atoms with Gasteiger partial charge in [0, 0.05) is 46.8 Å². The Morgan fingerprint density at radius 2 is 1.85 bits per heavy atom. The van der Waals surface area contributed by atoms with Gasteiger partial charge in [-0.2, -0.15) is 0 Å². The molecule has 0 spiro atoms. The maximum Gasteiger partial charge on any atom is 0.239 e. The van der Waals surface area contributed by atoms with E-state index < -0.39 is 0 Å². The van der Waals surface area contributed by atoms with Gasteiger partial charge in [0.1, 0.15) is 0 Å². The first kappa shape index (κ1) is 19.8. The van der Waals surface area contributed by atoms with Crippen molar-refractivity contribution in [2.45, 2.75) is 32.4 Å². The number of likely N-dealkylation sites (tertiary alicyclic amines) is 1. The normalized spacial score (nSPS) is 21.4. The van der Waals surface area contributed by atoms with Crippen molar-refractivity contribution in [2.24, 2.45) is 0 Å². The zero-order valence-electron chi connectivity index (χ0n) is 16.9. The Bertz CT molecular complexity index is 668. The molecule has 0 unspecified atom stereocenters. The number of hydrogen-bond acceptors (Lipinski definition) is 4. The van der Waals surface area contributed by atoms with Crippen molar-refractivity contribution in [3.05, 3.63) is 35.4 Å². The molecule has 1 aromatic carbocycles. The second kappa shape index (κ2) is 8.85. The third-order valence-corrected chi connectivity index (χ3v) is 5.64. The Hall–Kier alpha value is -1.92. The summed E-state index contributed by atoms with van der Waals surface area (Å²) in [4.78, 5) is 33.1. The fourth-order valence-corrected chi connectivity index (χ4v) is 4.09. The molecule has 0 aliphatic carbocycles. The van der Waals surface area contributed by atoms with Gasteiger partial charge in [0.15, 0.2) is 0 Å². The number of carbonyl (C=O) groups is 2. The van der Waals surface area contributed by atoms with Crippen LogP contribution < -0.4 is 0 Å². The lowest BCUT2D eigenvalue weighted by molar-refractivity contribution is -0.137. The zero-order valence-corrected chi connectivity index (χ0v) is 16.9. The molecular weight excluding hydrogens is 340 g/mol. The van der Waals surface area contributed by atoms with Crippen LogP contribution in [0.15, 0.2) is 24.3 Å². The Labute approximate surface area is 162 Å². The van der Waals surface area contributed by atoms with E-state index in [0.717, 1.165) is 52.1 Å². The molecule has 1 aromatic rings. The molecular formula is C21H32N4O2. The molecule has 3 rings (SSSR count). The highest BCUT2D eigenvalue weighted by Gasteiger charge is 2.34. The van der Waals surface area contributed by atoms with Crippen LogP contribution in [0.25, 0.3) is 0 Å². The van der Waals surface area contributed by atoms with E-state index in [4.69, 9.17) is 0 Å². The van der Waals surface area contributed by atoms with E-state index in [0.29, 0.717) is 6.54 Å². The molecule has 6 heteroatoms. The van der Waals surface area contributed by atoms with E-state index in [1.54, 1.807) is 19.0 Å². The second-order valence-corrected chi connectivity index (χ2v) is 8.01. The zero-order chi connectivity index (χ0) is 19.4. The molecule has 27 heavy (non-hydrogen) atoms. The Balaban J connectivity index is 1.47. The van der Waals surface area contributed by atoms with Crippen LogP contribution >= 0.6 is 0 Å². The Morgan fingerprint density at radius 3 is 2.52 bits per heavy atom. The van der Waals surface area contributed by atoms with Gasteiger partial charge in [-0.3, -0.25) is 19.4 Å². The summed E-state index contributed by atoms with van der Waals surface area (Å²) < 4.78 is 0. The highest BCUT2D eigenvalue weighted by molar-refractivity contribution is 5.83. The van der Waals surface area contributed by atoms with E-state index in [2.05, 4.69) is 41.0 Å². The molecule has 148 valence electrons. The van der Waals surface area contributed by atoms with Crippen LogP contribution in [0.1, 0.15) is 24.0 Å². The van der Waals surface area contributed by atoms with Gasteiger partial charge >= 0.3 is 0 Å². The van der Waals surface area contributed by atoms with Crippen molar-refractivity contribution in [1.82, 2.24) is 19.6 Å². The van der Waals surface area contributed by atoms with Gasteiger partial charge < -0.3 is 9.80 Å². The van der Waals surface area contributed by atoms with Crippen LogP contribution in [0.4, 0.5) is 0 Å². The number of amides is 2. The maximum atomic E-state index is 12.7. The number of hydrogen-bond donors (Lipinski definition) is 0. The van der Waals surface area contributed by atoms with Crippen molar-refractivity contribution < 1.29 is 9.59 Å². The second-order valence-electron chi connectivity index (χ2n) is 8.01. The van der Waals surface area contributed by atoms with Crippen molar-refractivity contribution in [3.8, 4) is 0 Å². The van der Waals surface area contributed by atoms with Crippen molar-refractivity contribution in [1.29, 1.82) is 0 Å². The van der Waals surface area contributed by atoms with Gasteiger partial charge in [0.2, 0.25) is 11.8 Å². The number of nitrogens with zero attached hydrogens (tertiary/aromatic N) is 4. The first-order valence-electron chi connectivity index (χ1n) is 9.95. The van der Waals surface area contributed by atoms with E-state index in [1.807, 2.05) is 4.90 Å². The minimum Gasteiger partial charge on any atom is -0.347 e. The Morgan fingerprint density at radius 1 is 1.11 bits per heavy atom. The summed E-state index contributed by atoms with van der Waals surface area (Å²) >= 11 is 0. The van der Waals surface area contributed by atoms with Crippen LogP contribution in [0.5, 0.6) is 0 Å². The molecule has 2 aliphatic rings. The molecule has 2 fully saturated rings. The average Bonchev–Trinajstić information content (AvgIpc) is 3.09. The minimum atomic E-state index is -0.133. The first-order chi connectivity index (χ1) is 12.9. The summed E-state index contributed by atoms with van der Waals surface area (Å²) in [7, 11) is 3.57. The summed E-state index contributed by atoms with van der Waals surface area (Å²) in [5.41, 5.74) is 2.62. The lowest BCUT2D eigenvalue weighted by atomic mass is 10.1. The number of benzene rings is 1. The van der Waals surface area contributed by atoms with Gasteiger partial charge in [-0.05, 0) is 31.9 Å². The van der Waals surface area contributed by atoms with Crippen LogP contribution in [-0.4, -0.2) is 90.8 Å². The Kier molecular flexibility index (Phi) is 6.50. The molecule has 0 bridgehead atoms. The fourth-order valence-electron chi connectivity index (χ4n) is 4.09. The van der Waals surface area contributed by atoms with E-state index >= 15 is 0 Å². The number of carbonyl (C=O) groups excluding carboxylic acids is 2. The third kappa shape index (κ3) is 5.08. The van der Waals surface area contributed by atoms with Gasteiger partial charge in [-0.15, -0.1) is 0 Å². The predicted octanol–water partition coefficient (Wildman–Crippen LogP) is 1.19. The van der Waals surface area contributed by atoms with Crippen LogP contribution in [-0.2, 0) is 16.1 Å². The smallest absolute Gasteiger partial charge is 0.239 e. The molecule has 2 saturated heterocycles. The van der Waals surface area contributed by atoms with Crippen molar-refractivity contribution in [3.63, 3.8) is 0 Å². The third-order valence-electron chi connectivity index (χ3n) is 5.64. The average molecular weight is 373 g/mol. The maximum absolute atomic E-state index is 12.7. The molecule has 2 aliphatic heterocycles. The number of aryl methyl sites for hydroxylation is 1. The monoisotopic (exact) mass is 372 g/mol. The van der Waals surface area contributed by atoms with Crippen molar-refractivity contribution >= 4 is 11.8 Å². The summed E-state index contributed by atoms with van der Waals surface area (Å²) in [6.45, 7) is 7.60. The van der Waals surface area contributed by atoms with Gasteiger partial charge in [0.05, 0.1) is 12.6 Å². The minimum absolute atomic E-state index is 0.114. The molecule has 2 amide bonds. The van der Waals surface area contributed by atoms with Gasteiger partial charge in [0.25, 0.3) is 0 Å². The van der Waals surface area contributed by atoms with E-state index in [9.17, 15) is 9.59 Å². The van der Waals surface area contributed by atoms with Crippen LogP contribution in [0.3, 0.4) is 0 Å². The lowest BCUT2D eigenvalue weighted by Gasteiger charge is -2.36. The number of rotatable bonds is 5. The standard InChI is InChI=1S/C21H32N4O2/c1-17-6-4-7-18(14-17)15-23-10-12-24(13-11-23)20(26)16-25-9-5-8-19(25)21(27)22(2)3/h4,6-7,14,19H,5,8-13,15-16H2,1-3H3/t19-/m1/s1. The molecule has 2 heterocycles. The molecule has 1 atom stereocenters. The van der Waals surface area contributed by atoms with Crippen LogP contribution in [0, 0.1) is 6.92 Å². The number of likely N-dealkylation sites (N-methyl/N-ethyl adjacent to an activating group) is 1. The van der Waals surface area contributed by atoms with E-state index in [-0.39, 0.29) is 17.9 Å². The topological polar surface area (TPSA) is 47.1 Å². The number of piperazine rings is 1. The van der Waals surface area contributed by atoms with Crippen LogP contribution in [0.2, 0.25) is 0 Å². The highest BCUT2D eigenvalue weighted by atomic mass is 16.2. The largest absolute Gasteiger partial charge is 0.347 e. The van der Waals surface area contributed by atoms with Gasteiger partial charge in [-0.25, -0.2) is 0 Å². The van der Waals surface area contributed by atoms with Gasteiger partial charge in [-0.1, -0.05) is 29.8 Å². The summed E-state index contributed by atoms with van der Waals surface area (Å²) in [6.07, 6.45) is 1.84. The molecule has 6 nitrogen and oxygen atoms in total. The van der Waals surface area contributed by atoms with E-state index in [1.165, 1.54) is 11.1 Å². The quantitative estimate of drug-likeness (QED) is 0.779.